The molecule has 0 radical (unpaired) electrons. The van der Waals surface area contributed by atoms with E-state index in [4.69, 9.17) is 5.73 Å². The maximum Gasteiger partial charge on any atom is 0.179 e. The highest BCUT2D eigenvalue weighted by Crippen LogP contribution is 2.15. The zero-order chi connectivity index (χ0) is 13.0. The number of hydrogen-bond acceptors (Lipinski definition) is 2. The van der Waals surface area contributed by atoms with Crippen LogP contribution in [0, 0.1) is 19.8 Å². The van der Waals surface area contributed by atoms with Gasteiger partial charge in [-0.3, -0.25) is 4.79 Å². The van der Waals surface area contributed by atoms with Gasteiger partial charge in [-0.15, -0.1) is 0 Å². The first kappa shape index (κ1) is 13.9. The van der Waals surface area contributed by atoms with Gasteiger partial charge in [0.25, 0.3) is 0 Å². The molecule has 17 heavy (non-hydrogen) atoms. The zero-order valence-corrected chi connectivity index (χ0v) is 11.3. The van der Waals surface area contributed by atoms with Crippen molar-refractivity contribution in [2.24, 2.45) is 11.7 Å². The van der Waals surface area contributed by atoms with Crippen molar-refractivity contribution in [3.8, 4) is 0 Å². The lowest BCUT2D eigenvalue weighted by molar-refractivity contribution is 0.0954. The van der Waals surface area contributed by atoms with Crippen LogP contribution in [0.1, 0.15) is 48.2 Å². The highest BCUT2D eigenvalue weighted by molar-refractivity contribution is 6.01. The van der Waals surface area contributed by atoms with Crippen LogP contribution in [-0.4, -0.2) is 11.8 Å². The van der Waals surface area contributed by atoms with Gasteiger partial charge >= 0.3 is 0 Å². The minimum absolute atomic E-state index is 0.0724. The van der Waals surface area contributed by atoms with Crippen LogP contribution in [-0.2, 0) is 0 Å². The summed E-state index contributed by atoms with van der Waals surface area (Å²) in [4.78, 5) is 12.2. The lowest BCUT2D eigenvalue weighted by Gasteiger charge is -2.14. The molecule has 0 aliphatic rings. The van der Waals surface area contributed by atoms with Crippen molar-refractivity contribution in [2.75, 3.05) is 0 Å². The molecular weight excluding hydrogens is 210 g/mol. The van der Waals surface area contributed by atoms with Crippen molar-refractivity contribution in [2.45, 2.75) is 46.6 Å². The normalized spacial score (nSPS) is 12.8. The van der Waals surface area contributed by atoms with Gasteiger partial charge < -0.3 is 5.73 Å². The SMILES string of the molecule is Cc1ccc(C(=O)C(N)CCC(C)C)c(C)c1. The van der Waals surface area contributed by atoms with E-state index in [0.29, 0.717) is 5.92 Å². The molecule has 1 atom stereocenters. The van der Waals surface area contributed by atoms with Gasteiger partial charge in [0.05, 0.1) is 6.04 Å². The lowest BCUT2D eigenvalue weighted by atomic mass is 9.94. The monoisotopic (exact) mass is 233 g/mol. The Hall–Kier alpha value is -1.15. The molecule has 0 aliphatic carbocycles. The molecule has 1 unspecified atom stereocenters. The van der Waals surface area contributed by atoms with Crippen molar-refractivity contribution in [3.63, 3.8) is 0 Å². The third-order valence-corrected chi connectivity index (χ3v) is 3.04. The molecule has 0 spiro atoms. The molecule has 2 nitrogen and oxygen atoms in total. The Morgan fingerprint density at radius 2 is 1.88 bits per heavy atom. The van der Waals surface area contributed by atoms with Crippen LogP contribution in [0.15, 0.2) is 18.2 Å². The number of aryl methyl sites for hydroxylation is 2. The molecule has 0 amide bonds. The van der Waals surface area contributed by atoms with E-state index in [0.717, 1.165) is 24.0 Å². The van der Waals surface area contributed by atoms with E-state index in [9.17, 15) is 4.79 Å². The fourth-order valence-corrected chi connectivity index (χ4v) is 1.93. The van der Waals surface area contributed by atoms with Gasteiger partial charge in [-0.2, -0.15) is 0 Å². The Labute approximate surface area is 104 Å². The number of carbonyl (C=O) groups is 1. The first-order chi connectivity index (χ1) is 7.91. The van der Waals surface area contributed by atoms with Crippen LogP contribution >= 0.6 is 0 Å². The first-order valence-electron chi connectivity index (χ1n) is 6.29. The Bertz CT molecular complexity index is 396. The average molecular weight is 233 g/mol. The summed E-state index contributed by atoms with van der Waals surface area (Å²) in [7, 11) is 0. The molecule has 0 saturated heterocycles. The van der Waals surface area contributed by atoms with E-state index in [1.807, 2.05) is 32.0 Å². The molecule has 2 N–H and O–H groups in total. The fourth-order valence-electron chi connectivity index (χ4n) is 1.93. The summed E-state index contributed by atoms with van der Waals surface area (Å²) < 4.78 is 0. The zero-order valence-electron chi connectivity index (χ0n) is 11.3. The van der Waals surface area contributed by atoms with E-state index in [1.54, 1.807) is 0 Å². The van der Waals surface area contributed by atoms with Gasteiger partial charge in [-0.05, 0) is 38.2 Å². The number of benzene rings is 1. The Balaban J connectivity index is 2.75. The Morgan fingerprint density at radius 3 is 2.41 bits per heavy atom. The Kier molecular flexibility index (Phi) is 4.88. The minimum atomic E-state index is -0.362. The average Bonchev–Trinajstić information content (AvgIpc) is 2.25. The van der Waals surface area contributed by atoms with Gasteiger partial charge in [0, 0.05) is 5.56 Å². The molecule has 0 bridgehead atoms. The van der Waals surface area contributed by atoms with Gasteiger partial charge in [-0.25, -0.2) is 0 Å². The second-order valence-electron chi connectivity index (χ2n) is 5.26. The van der Waals surface area contributed by atoms with Gasteiger partial charge in [0.1, 0.15) is 0 Å². The molecule has 0 fully saturated rings. The van der Waals surface area contributed by atoms with E-state index < -0.39 is 0 Å². The predicted molar refractivity (Wildman–Crippen MR) is 72.3 cm³/mol. The molecule has 1 rings (SSSR count). The summed E-state index contributed by atoms with van der Waals surface area (Å²) >= 11 is 0. The van der Waals surface area contributed by atoms with Gasteiger partial charge in [-0.1, -0.05) is 37.6 Å². The largest absolute Gasteiger partial charge is 0.321 e. The highest BCUT2D eigenvalue weighted by atomic mass is 16.1. The summed E-state index contributed by atoms with van der Waals surface area (Å²) in [5.41, 5.74) is 8.92. The predicted octanol–water partition coefficient (Wildman–Crippen LogP) is 3.25. The number of rotatable bonds is 5. The van der Waals surface area contributed by atoms with Crippen molar-refractivity contribution in [1.82, 2.24) is 0 Å². The van der Waals surface area contributed by atoms with Crippen LogP contribution in [0.4, 0.5) is 0 Å². The number of hydrogen-bond donors (Lipinski definition) is 1. The topological polar surface area (TPSA) is 43.1 Å². The second-order valence-corrected chi connectivity index (χ2v) is 5.26. The second kappa shape index (κ2) is 5.97. The maximum absolute atomic E-state index is 12.2. The summed E-state index contributed by atoms with van der Waals surface area (Å²) in [6, 6.07) is 5.53. The molecule has 2 heteroatoms. The summed E-state index contributed by atoms with van der Waals surface area (Å²) in [5.74, 6) is 0.663. The number of carbonyl (C=O) groups excluding carboxylic acids is 1. The van der Waals surface area contributed by atoms with Crippen LogP contribution in [0.5, 0.6) is 0 Å². The van der Waals surface area contributed by atoms with Crippen LogP contribution in [0.3, 0.4) is 0 Å². The van der Waals surface area contributed by atoms with Crippen molar-refractivity contribution >= 4 is 5.78 Å². The lowest BCUT2D eigenvalue weighted by Crippen LogP contribution is -2.31. The standard InChI is InChI=1S/C15H23NO/c1-10(2)5-8-14(16)15(17)13-7-6-11(3)9-12(13)4/h6-7,9-10,14H,5,8,16H2,1-4H3. The first-order valence-corrected chi connectivity index (χ1v) is 6.29. The number of nitrogens with two attached hydrogens (primary N) is 1. The smallest absolute Gasteiger partial charge is 0.179 e. The Morgan fingerprint density at radius 1 is 1.24 bits per heavy atom. The highest BCUT2D eigenvalue weighted by Gasteiger charge is 2.17. The van der Waals surface area contributed by atoms with E-state index in [1.165, 1.54) is 5.56 Å². The molecule has 0 aromatic heterocycles. The quantitative estimate of drug-likeness (QED) is 0.793. The summed E-state index contributed by atoms with van der Waals surface area (Å²) in [6.07, 6.45) is 1.77. The molecule has 0 aliphatic heterocycles. The molecule has 1 aromatic carbocycles. The summed E-state index contributed by atoms with van der Waals surface area (Å²) in [5, 5.41) is 0. The molecule has 0 saturated carbocycles. The maximum atomic E-state index is 12.2. The summed E-state index contributed by atoms with van der Waals surface area (Å²) in [6.45, 7) is 8.29. The van der Waals surface area contributed by atoms with Crippen LogP contribution in [0.2, 0.25) is 0 Å². The van der Waals surface area contributed by atoms with Crippen LogP contribution < -0.4 is 5.73 Å². The third-order valence-electron chi connectivity index (χ3n) is 3.04. The minimum Gasteiger partial charge on any atom is -0.321 e. The molecule has 0 heterocycles. The van der Waals surface area contributed by atoms with Crippen molar-refractivity contribution < 1.29 is 4.79 Å². The van der Waals surface area contributed by atoms with Gasteiger partial charge in [0.15, 0.2) is 5.78 Å². The van der Waals surface area contributed by atoms with Crippen LogP contribution in [0.25, 0.3) is 0 Å². The number of Topliss-reactive ketones (excluding diaryl/α,β-unsaturated/α-hetero) is 1. The van der Waals surface area contributed by atoms with Crippen molar-refractivity contribution in [3.05, 3.63) is 34.9 Å². The van der Waals surface area contributed by atoms with E-state index in [-0.39, 0.29) is 11.8 Å². The van der Waals surface area contributed by atoms with E-state index in [2.05, 4.69) is 13.8 Å². The fraction of sp³-hybridized carbons (Fsp3) is 0.533. The third kappa shape index (κ3) is 3.97. The van der Waals surface area contributed by atoms with Gasteiger partial charge in [0.2, 0.25) is 0 Å². The van der Waals surface area contributed by atoms with E-state index >= 15 is 0 Å². The molecular formula is C15H23NO. The molecule has 94 valence electrons. The van der Waals surface area contributed by atoms with Crippen molar-refractivity contribution in [1.29, 1.82) is 0 Å². The number of ketones is 1. The molecule has 1 aromatic rings.